The van der Waals surface area contributed by atoms with E-state index in [1.807, 2.05) is 0 Å². The van der Waals surface area contributed by atoms with E-state index in [1.54, 1.807) is 0 Å². The van der Waals surface area contributed by atoms with Crippen molar-refractivity contribution in [1.29, 1.82) is 0 Å². The topological polar surface area (TPSA) is 12.0 Å². The Balaban J connectivity index is 3.46. The number of halogens is 1. The van der Waals surface area contributed by atoms with Crippen LogP contribution in [-0.4, -0.2) is 18.5 Å². The zero-order chi connectivity index (χ0) is 10.5. The highest BCUT2D eigenvalue weighted by Gasteiger charge is 2.16. The van der Waals surface area contributed by atoms with Gasteiger partial charge in [0.15, 0.2) is 0 Å². The summed E-state index contributed by atoms with van der Waals surface area (Å²) >= 11 is 6.19. The van der Waals surface area contributed by atoms with E-state index in [4.69, 9.17) is 11.6 Å². The Morgan fingerprint density at radius 2 is 1.69 bits per heavy atom. The van der Waals surface area contributed by atoms with Gasteiger partial charge in [-0.05, 0) is 24.3 Å². The summed E-state index contributed by atoms with van der Waals surface area (Å²) in [7, 11) is 0. The first-order valence-electron chi connectivity index (χ1n) is 5.16. The second-order valence-corrected chi connectivity index (χ2v) is 6.03. The van der Waals surface area contributed by atoms with Crippen LogP contribution < -0.4 is 5.32 Å². The molecule has 0 aliphatic rings. The van der Waals surface area contributed by atoms with Crippen LogP contribution in [0.15, 0.2) is 0 Å². The fourth-order valence-electron chi connectivity index (χ4n) is 1.27. The van der Waals surface area contributed by atoms with Gasteiger partial charge in [0.25, 0.3) is 0 Å². The molecule has 0 bridgehead atoms. The van der Waals surface area contributed by atoms with E-state index in [0.29, 0.717) is 11.3 Å². The average molecular weight is 206 g/mol. The number of hydrogen-bond donors (Lipinski definition) is 1. The van der Waals surface area contributed by atoms with E-state index in [-0.39, 0.29) is 5.38 Å². The van der Waals surface area contributed by atoms with Gasteiger partial charge < -0.3 is 5.32 Å². The molecule has 0 radical (unpaired) electrons. The lowest BCUT2D eigenvalue weighted by Crippen LogP contribution is -2.29. The molecule has 0 saturated carbocycles. The molecule has 80 valence electrons. The van der Waals surface area contributed by atoms with E-state index in [0.717, 1.165) is 19.5 Å². The Hall–Kier alpha value is 0.250. The van der Waals surface area contributed by atoms with E-state index < -0.39 is 0 Å². The van der Waals surface area contributed by atoms with Crippen LogP contribution in [0.1, 0.15) is 41.0 Å². The molecule has 13 heavy (non-hydrogen) atoms. The molecule has 0 heterocycles. The monoisotopic (exact) mass is 205 g/mol. The largest absolute Gasteiger partial charge is 0.315 e. The van der Waals surface area contributed by atoms with Gasteiger partial charge in [-0.25, -0.2) is 0 Å². The molecule has 0 aromatic rings. The van der Waals surface area contributed by atoms with Gasteiger partial charge in [0.2, 0.25) is 0 Å². The van der Waals surface area contributed by atoms with Crippen molar-refractivity contribution in [2.45, 2.75) is 46.4 Å². The van der Waals surface area contributed by atoms with Crippen LogP contribution in [0.5, 0.6) is 0 Å². The molecule has 0 aromatic heterocycles. The predicted octanol–water partition coefficient (Wildman–Crippen LogP) is 3.28. The number of rotatable bonds is 5. The normalized spacial score (nSPS) is 15.0. The van der Waals surface area contributed by atoms with Gasteiger partial charge in [0.05, 0.1) is 0 Å². The molecule has 0 fully saturated rings. The van der Waals surface area contributed by atoms with Crippen LogP contribution >= 0.6 is 11.6 Å². The first-order valence-corrected chi connectivity index (χ1v) is 5.59. The summed E-state index contributed by atoms with van der Waals surface area (Å²) in [6.07, 6.45) is 1.07. The maximum Gasteiger partial charge on any atom is 0.0465 e. The maximum absolute atomic E-state index is 6.19. The van der Waals surface area contributed by atoms with Gasteiger partial charge in [-0.3, -0.25) is 0 Å². The molecule has 0 rings (SSSR count). The van der Waals surface area contributed by atoms with Crippen molar-refractivity contribution < 1.29 is 0 Å². The molecule has 0 aliphatic carbocycles. The Kier molecular flexibility index (Phi) is 5.98. The third-order valence-electron chi connectivity index (χ3n) is 1.75. The van der Waals surface area contributed by atoms with Crippen LogP contribution in [0.2, 0.25) is 0 Å². The summed E-state index contributed by atoms with van der Waals surface area (Å²) in [4.78, 5) is 0. The number of alkyl halides is 1. The van der Waals surface area contributed by atoms with Crippen LogP contribution in [-0.2, 0) is 0 Å². The fraction of sp³-hybridized carbons (Fsp3) is 1.00. The van der Waals surface area contributed by atoms with Crippen molar-refractivity contribution in [2.24, 2.45) is 11.3 Å². The molecule has 1 nitrogen and oxygen atoms in total. The van der Waals surface area contributed by atoms with Gasteiger partial charge in [-0.1, -0.05) is 34.6 Å². The second-order valence-electron chi connectivity index (χ2n) is 5.41. The molecule has 2 heteroatoms. The minimum atomic E-state index is 0.263. The lowest BCUT2D eigenvalue weighted by atomic mass is 9.90. The zero-order valence-electron chi connectivity index (χ0n) is 9.65. The SMILES string of the molecule is CC(C)CNCC(Cl)CC(C)(C)C. The smallest absolute Gasteiger partial charge is 0.0465 e. The quantitative estimate of drug-likeness (QED) is 0.680. The first-order chi connectivity index (χ1) is 5.81. The molecule has 0 amide bonds. The van der Waals surface area contributed by atoms with Gasteiger partial charge in [0.1, 0.15) is 0 Å². The third-order valence-corrected chi connectivity index (χ3v) is 2.06. The van der Waals surface area contributed by atoms with Crippen LogP contribution in [0, 0.1) is 11.3 Å². The molecule has 1 atom stereocenters. The van der Waals surface area contributed by atoms with E-state index in [2.05, 4.69) is 39.9 Å². The molecule has 0 aliphatic heterocycles. The molecule has 0 aromatic carbocycles. The van der Waals surface area contributed by atoms with Crippen molar-refractivity contribution in [3.63, 3.8) is 0 Å². The average Bonchev–Trinajstić information content (AvgIpc) is 1.81. The highest BCUT2D eigenvalue weighted by atomic mass is 35.5. The lowest BCUT2D eigenvalue weighted by molar-refractivity contribution is 0.362. The summed E-state index contributed by atoms with van der Waals surface area (Å²) in [5.74, 6) is 0.707. The summed E-state index contributed by atoms with van der Waals surface area (Å²) in [5, 5.41) is 3.64. The molecular formula is C11H24ClN. The van der Waals surface area contributed by atoms with Crippen molar-refractivity contribution >= 4 is 11.6 Å². The van der Waals surface area contributed by atoms with Crippen molar-refractivity contribution in [3.05, 3.63) is 0 Å². The molecule has 0 spiro atoms. The minimum absolute atomic E-state index is 0.263. The van der Waals surface area contributed by atoms with Gasteiger partial charge in [-0.15, -0.1) is 11.6 Å². The Morgan fingerprint density at radius 1 is 1.15 bits per heavy atom. The van der Waals surface area contributed by atoms with Gasteiger partial charge >= 0.3 is 0 Å². The van der Waals surface area contributed by atoms with E-state index in [1.165, 1.54) is 0 Å². The Labute approximate surface area is 88.2 Å². The lowest BCUT2D eigenvalue weighted by Gasteiger charge is -2.22. The number of nitrogens with one attached hydrogen (secondary N) is 1. The van der Waals surface area contributed by atoms with Crippen molar-refractivity contribution in [1.82, 2.24) is 5.32 Å². The van der Waals surface area contributed by atoms with Crippen LogP contribution in [0.4, 0.5) is 0 Å². The van der Waals surface area contributed by atoms with Gasteiger partial charge in [-0.2, -0.15) is 0 Å². The summed E-state index contributed by atoms with van der Waals surface area (Å²) in [6, 6.07) is 0. The number of hydrogen-bond acceptors (Lipinski definition) is 1. The molecule has 1 unspecified atom stereocenters. The van der Waals surface area contributed by atoms with Crippen molar-refractivity contribution in [2.75, 3.05) is 13.1 Å². The van der Waals surface area contributed by atoms with E-state index in [9.17, 15) is 0 Å². The highest BCUT2D eigenvalue weighted by molar-refractivity contribution is 6.20. The predicted molar refractivity (Wildman–Crippen MR) is 61.4 cm³/mol. The fourth-order valence-corrected chi connectivity index (χ4v) is 1.84. The minimum Gasteiger partial charge on any atom is -0.315 e. The Morgan fingerprint density at radius 3 is 2.08 bits per heavy atom. The second kappa shape index (κ2) is 5.87. The summed E-state index contributed by atoms with van der Waals surface area (Å²) < 4.78 is 0. The molecule has 0 saturated heterocycles. The van der Waals surface area contributed by atoms with Crippen LogP contribution in [0.25, 0.3) is 0 Å². The first kappa shape index (κ1) is 13.2. The maximum atomic E-state index is 6.19. The Bertz CT molecular complexity index is 127. The van der Waals surface area contributed by atoms with Gasteiger partial charge in [0, 0.05) is 11.9 Å². The standard InChI is InChI=1S/C11H24ClN/c1-9(2)7-13-8-10(12)6-11(3,4)5/h9-10,13H,6-8H2,1-5H3. The highest BCUT2D eigenvalue weighted by Crippen LogP contribution is 2.23. The van der Waals surface area contributed by atoms with Crippen LogP contribution in [0.3, 0.4) is 0 Å². The molecular weight excluding hydrogens is 182 g/mol. The summed E-state index contributed by atoms with van der Waals surface area (Å²) in [5.41, 5.74) is 0.339. The van der Waals surface area contributed by atoms with Crippen molar-refractivity contribution in [3.8, 4) is 0 Å². The van der Waals surface area contributed by atoms with E-state index >= 15 is 0 Å². The third kappa shape index (κ3) is 10.2. The zero-order valence-corrected chi connectivity index (χ0v) is 10.4. The summed E-state index contributed by atoms with van der Waals surface area (Å²) in [6.45, 7) is 13.1. The molecule has 1 N–H and O–H groups in total.